The molecule has 2 N–H and O–H groups in total. The first kappa shape index (κ1) is 8.71. The second-order valence-corrected chi connectivity index (χ2v) is 2.97. The molecule has 3 amide bonds. The summed E-state index contributed by atoms with van der Waals surface area (Å²) in [7, 11) is 0. The number of imide groups is 1. The van der Waals surface area contributed by atoms with Crippen LogP contribution >= 0.6 is 0 Å². The number of urea groups is 1. The fraction of sp³-hybridized carbons (Fsp3) is 0.111. The lowest BCUT2D eigenvalue weighted by Crippen LogP contribution is -2.38. The molecule has 0 atom stereocenters. The third kappa shape index (κ3) is 1.23. The van der Waals surface area contributed by atoms with Crippen LogP contribution in [0, 0.1) is 0 Å². The maximum absolute atomic E-state index is 11.4. The summed E-state index contributed by atoms with van der Waals surface area (Å²) in [6, 6.07) is 8.46. The van der Waals surface area contributed by atoms with Crippen LogP contribution < -0.4 is 10.7 Å². The van der Waals surface area contributed by atoms with Crippen LogP contribution in [0.1, 0.15) is 0 Å². The molecule has 1 aliphatic heterocycles. The van der Waals surface area contributed by atoms with E-state index >= 15 is 0 Å². The van der Waals surface area contributed by atoms with Gasteiger partial charge in [0.25, 0.3) is 5.91 Å². The van der Waals surface area contributed by atoms with Crippen LogP contribution in [-0.4, -0.2) is 23.5 Å². The summed E-state index contributed by atoms with van der Waals surface area (Å²) >= 11 is 0. The molecule has 1 fully saturated rings. The topological polar surface area (TPSA) is 66.6 Å². The summed E-state index contributed by atoms with van der Waals surface area (Å²) in [5, 5.41) is 0.632. The zero-order valence-corrected chi connectivity index (χ0v) is 7.38. The first-order valence-corrected chi connectivity index (χ1v) is 4.14. The van der Waals surface area contributed by atoms with E-state index < -0.39 is 6.03 Å². The number of rotatable bonds is 1. The number of nitrogens with zero attached hydrogens (tertiary/aromatic N) is 2. The zero-order chi connectivity index (χ0) is 10.1. The lowest BCUT2D eigenvalue weighted by Gasteiger charge is -2.13. The van der Waals surface area contributed by atoms with Crippen molar-refractivity contribution >= 4 is 17.6 Å². The third-order valence-corrected chi connectivity index (χ3v) is 2.07. The first-order chi connectivity index (χ1) is 6.70. The number of hydrogen-bond donors (Lipinski definition) is 1. The number of hydrazine groups is 1. The molecule has 0 aromatic heterocycles. The van der Waals surface area contributed by atoms with E-state index in [0.29, 0.717) is 10.7 Å². The zero-order valence-electron chi connectivity index (χ0n) is 7.38. The average Bonchev–Trinajstić information content (AvgIpc) is 2.47. The Morgan fingerprint density at radius 2 is 1.79 bits per heavy atom. The van der Waals surface area contributed by atoms with Crippen molar-refractivity contribution in [1.29, 1.82) is 0 Å². The van der Waals surface area contributed by atoms with E-state index in [9.17, 15) is 9.59 Å². The molecule has 1 aromatic rings. The highest BCUT2D eigenvalue weighted by Crippen LogP contribution is 2.18. The number of carbonyl (C=O) groups is 2. The number of nitrogens with two attached hydrogens (primary N) is 1. The summed E-state index contributed by atoms with van der Waals surface area (Å²) in [4.78, 5) is 23.9. The molecule has 5 heteroatoms. The van der Waals surface area contributed by atoms with Gasteiger partial charge < -0.3 is 0 Å². The van der Waals surface area contributed by atoms with Crippen LogP contribution in [0.3, 0.4) is 0 Å². The summed E-state index contributed by atoms with van der Waals surface area (Å²) in [6.07, 6.45) is 0. The largest absolute Gasteiger partial charge is 0.346 e. The number of para-hydroxylation sites is 1. The van der Waals surface area contributed by atoms with E-state index in [1.165, 1.54) is 4.90 Å². The Balaban J connectivity index is 2.30. The van der Waals surface area contributed by atoms with Crippen LogP contribution in [-0.2, 0) is 4.79 Å². The molecule has 2 rings (SSSR count). The lowest BCUT2D eigenvalue weighted by molar-refractivity contribution is -0.125. The molecule has 0 spiro atoms. The molecule has 1 heterocycles. The number of amides is 3. The smallest absolute Gasteiger partial charge is 0.283 e. The normalized spacial score (nSPS) is 16.6. The maximum atomic E-state index is 11.4. The summed E-state index contributed by atoms with van der Waals surface area (Å²) in [6.45, 7) is 0.0132. The van der Waals surface area contributed by atoms with Crippen LogP contribution in [0.4, 0.5) is 10.5 Å². The van der Waals surface area contributed by atoms with Crippen molar-refractivity contribution in [2.24, 2.45) is 5.84 Å². The van der Waals surface area contributed by atoms with E-state index in [0.717, 1.165) is 0 Å². The Bertz CT molecular complexity index is 377. The maximum Gasteiger partial charge on any atom is 0.346 e. The van der Waals surface area contributed by atoms with Gasteiger partial charge >= 0.3 is 6.03 Å². The average molecular weight is 191 g/mol. The van der Waals surface area contributed by atoms with Crippen molar-refractivity contribution in [2.75, 3.05) is 11.4 Å². The molecular formula is C9H9N3O2. The van der Waals surface area contributed by atoms with Crippen molar-refractivity contribution in [3.8, 4) is 0 Å². The van der Waals surface area contributed by atoms with Gasteiger partial charge in [0.1, 0.15) is 6.54 Å². The van der Waals surface area contributed by atoms with Gasteiger partial charge in [0.05, 0.1) is 0 Å². The van der Waals surface area contributed by atoms with Gasteiger partial charge in [-0.15, -0.1) is 0 Å². The first-order valence-electron chi connectivity index (χ1n) is 4.14. The molecule has 0 aliphatic carbocycles. The van der Waals surface area contributed by atoms with Crippen molar-refractivity contribution in [1.82, 2.24) is 5.01 Å². The molecule has 1 aliphatic rings. The van der Waals surface area contributed by atoms with E-state index in [1.807, 2.05) is 6.07 Å². The molecule has 14 heavy (non-hydrogen) atoms. The molecule has 5 nitrogen and oxygen atoms in total. The minimum atomic E-state index is -0.485. The standard InChI is InChI=1S/C9H9N3O2/c10-12-8(13)6-11(9(12)14)7-4-2-1-3-5-7/h1-5H,6,10H2. The van der Waals surface area contributed by atoms with Crippen LogP contribution in [0.2, 0.25) is 0 Å². The van der Waals surface area contributed by atoms with Gasteiger partial charge in [-0.1, -0.05) is 18.2 Å². The Hall–Kier alpha value is -1.88. The molecule has 1 aromatic carbocycles. The Morgan fingerprint density at radius 3 is 2.29 bits per heavy atom. The van der Waals surface area contributed by atoms with Gasteiger partial charge in [0.15, 0.2) is 0 Å². The lowest BCUT2D eigenvalue weighted by atomic mass is 10.3. The third-order valence-electron chi connectivity index (χ3n) is 2.07. The number of hydrogen-bond acceptors (Lipinski definition) is 3. The van der Waals surface area contributed by atoms with Crippen molar-refractivity contribution in [2.45, 2.75) is 0 Å². The van der Waals surface area contributed by atoms with Crippen LogP contribution in [0.5, 0.6) is 0 Å². The predicted molar refractivity (Wildman–Crippen MR) is 50.2 cm³/mol. The summed E-state index contributed by atoms with van der Waals surface area (Å²) in [5.41, 5.74) is 0.679. The van der Waals surface area contributed by atoms with Crippen LogP contribution in [0.25, 0.3) is 0 Å². The molecular weight excluding hydrogens is 182 g/mol. The van der Waals surface area contributed by atoms with Gasteiger partial charge in [0.2, 0.25) is 0 Å². The van der Waals surface area contributed by atoms with Gasteiger partial charge in [-0.3, -0.25) is 9.69 Å². The van der Waals surface area contributed by atoms with E-state index in [4.69, 9.17) is 5.84 Å². The molecule has 0 saturated carbocycles. The van der Waals surface area contributed by atoms with Gasteiger partial charge in [-0.2, -0.15) is 5.01 Å². The Kier molecular flexibility index (Phi) is 1.94. The second kappa shape index (κ2) is 3.12. The summed E-state index contributed by atoms with van der Waals surface area (Å²) in [5.74, 6) is 4.85. The summed E-state index contributed by atoms with van der Waals surface area (Å²) < 4.78 is 0. The molecule has 0 unspecified atom stereocenters. The van der Waals surface area contributed by atoms with Gasteiger partial charge in [-0.05, 0) is 12.1 Å². The highest BCUT2D eigenvalue weighted by atomic mass is 16.2. The Labute approximate surface area is 80.7 Å². The quantitative estimate of drug-likeness (QED) is 0.395. The molecule has 0 radical (unpaired) electrons. The molecule has 72 valence electrons. The number of anilines is 1. The van der Waals surface area contributed by atoms with Crippen molar-refractivity contribution in [3.05, 3.63) is 30.3 Å². The minimum Gasteiger partial charge on any atom is -0.283 e. The minimum absolute atomic E-state index is 0.0132. The fourth-order valence-corrected chi connectivity index (χ4v) is 1.33. The second-order valence-electron chi connectivity index (χ2n) is 2.97. The predicted octanol–water partition coefficient (Wildman–Crippen LogP) is 0.329. The molecule has 0 bridgehead atoms. The van der Waals surface area contributed by atoms with Gasteiger partial charge in [0, 0.05) is 5.69 Å². The van der Waals surface area contributed by atoms with E-state index in [-0.39, 0.29) is 12.5 Å². The SMILES string of the molecule is NN1C(=O)CN(c2ccccc2)C1=O. The van der Waals surface area contributed by atoms with Crippen molar-refractivity contribution < 1.29 is 9.59 Å². The monoisotopic (exact) mass is 191 g/mol. The Morgan fingerprint density at radius 1 is 1.14 bits per heavy atom. The van der Waals surface area contributed by atoms with Gasteiger partial charge in [-0.25, -0.2) is 10.6 Å². The number of carbonyl (C=O) groups excluding carboxylic acids is 2. The van der Waals surface area contributed by atoms with Crippen LogP contribution in [0.15, 0.2) is 30.3 Å². The fourth-order valence-electron chi connectivity index (χ4n) is 1.33. The number of benzene rings is 1. The molecule has 1 saturated heterocycles. The van der Waals surface area contributed by atoms with Crippen molar-refractivity contribution in [3.63, 3.8) is 0 Å². The highest BCUT2D eigenvalue weighted by molar-refractivity contribution is 6.11. The van der Waals surface area contributed by atoms with E-state index in [2.05, 4.69) is 0 Å². The van der Waals surface area contributed by atoms with E-state index in [1.54, 1.807) is 24.3 Å². The highest BCUT2D eigenvalue weighted by Gasteiger charge is 2.34.